The Morgan fingerprint density at radius 3 is 2.62 bits per heavy atom. The van der Waals surface area contributed by atoms with Crippen LogP contribution in [0.2, 0.25) is 0 Å². The van der Waals surface area contributed by atoms with Crippen molar-refractivity contribution in [2.45, 2.75) is 26.2 Å². The molecule has 0 unspecified atom stereocenters. The largest absolute Gasteiger partial charge is 0.466 e. The molecule has 3 aromatic rings. The minimum atomic E-state index is -0.969. The van der Waals surface area contributed by atoms with Crippen LogP contribution in [0.4, 0.5) is 4.39 Å². The predicted octanol–water partition coefficient (Wildman–Crippen LogP) is 4.04. The molecule has 0 radical (unpaired) electrons. The molecule has 0 N–H and O–H groups in total. The highest BCUT2D eigenvalue weighted by Crippen LogP contribution is 2.36. The van der Waals surface area contributed by atoms with E-state index in [9.17, 15) is 14.0 Å². The van der Waals surface area contributed by atoms with Gasteiger partial charge in [-0.3, -0.25) is 9.59 Å². The minimum absolute atomic E-state index is 0.149. The molecule has 7 heteroatoms. The van der Waals surface area contributed by atoms with Crippen molar-refractivity contribution in [1.29, 1.82) is 0 Å². The maximum Gasteiger partial charge on any atom is 0.314 e. The number of carbonyl (C=O) groups is 2. The summed E-state index contributed by atoms with van der Waals surface area (Å²) in [5, 5.41) is 0. The number of carbonyl (C=O) groups excluding carboxylic acids is 2. The molecule has 166 valence electrons. The second kappa shape index (κ2) is 9.34. The third-order valence-electron chi connectivity index (χ3n) is 5.98. The van der Waals surface area contributed by atoms with Crippen LogP contribution in [0.3, 0.4) is 0 Å². The molecule has 1 atom stereocenters. The van der Waals surface area contributed by atoms with E-state index in [2.05, 4.69) is 4.98 Å². The number of benzene rings is 2. The first-order valence-electron chi connectivity index (χ1n) is 10.8. The van der Waals surface area contributed by atoms with Gasteiger partial charge in [0, 0.05) is 36.7 Å². The van der Waals surface area contributed by atoms with Gasteiger partial charge in [-0.05, 0) is 62.1 Å². The topological polar surface area (TPSA) is 64.4 Å². The Morgan fingerprint density at radius 1 is 1.16 bits per heavy atom. The van der Waals surface area contributed by atoms with Crippen LogP contribution in [0, 0.1) is 11.2 Å². The van der Waals surface area contributed by atoms with Crippen LogP contribution in [0.25, 0.3) is 5.69 Å². The first-order chi connectivity index (χ1) is 15.5. The van der Waals surface area contributed by atoms with Crippen LogP contribution < -0.4 is 0 Å². The number of nitrogens with zero attached hydrogens (tertiary/aromatic N) is 3. The molecule has 0 bridgehead atoms. The van der Waals surface area contributed by atoms with Gasteiger partial charge in [-0.15, -0.1) is 0 Å². The van der Waals surface area contributed by atoms with Crippen molar-refractivity contribution in [2.24, 2.45) is 5.41 Å². The lowest BCUT2D eigenvalue weighted by Crippen LogP contribution is -2.51. The average molecular weight is 435 g/mol. The van der Waals surface area contributed by atoms with Crippen LogP contribution in [-0.2, 0) is 16.0 Å². The van der Waals surface area contributed by atoms with Gasteiger partial charge in [0.05, 0.1) is 18.3 Å². The minimum Gasteiger partial charge on any atom is -0.466 e. The predicted molar refractivity (Wildman–Crippen MR) is 118 cm³/mol. The lowest BCUT2D eigenvalue weighted by Gasteiger charge is -2.41. The van der Waals surface area contributed by atoms with E-state index >= 15 is 0 Å². The Morgan fingerprint density at radius 2 is 1.94 bits per heavy atom. The second-order valence-corrected chi connectivity index (χ2v) is 8.12. The van der Waals surface area contributed by atoms with Crippen LogP contribution in [0.1, 0.15) is 35.7 Å². The molecular weight excluding hydrogens is 409 g/mol. The molecule has 1 saturated heterocycles. The molecule has 0 saturated carbocycles. The highest BCUT2D eigenvalue weighted by atomic mass is 19.1. The molecule has 1 aromatic heterocycles. The average Bonchev–Trinajstić information content (AvgIpc) is 3.36. The van der Waals surface area contributed by atoms with Crippen molar-refractivity contribution in [3.63, 3.8) is 0 Å². The van der Waals surface area contributed by atoms with E-state index in [1.165, 1.54) is 6.07 Å². The van der Waals surface area contributed by atoms with Gasteiger partial charge in [0.1, 0.15) is 5.82 Å². The number of halogens is 1. The summed E-state index contributed by atoms with van der Waals surface area (Å²) >= 11 is 0. The molecule has 1 amide bonds. The second-order valence-electron chi connectivity index (χ2n) is 8.12. The Kier molecular flexibility index (Phi) is 6.35. The Balaban J connectivity index is 1.57. The summed E-state index contributed by atoms with van der Waals surface area (Å²) in [7, 11) is 0. The number of imidazole rings is 1. The fraction of sp³-hybridized carbons (Fsp3) is 0.320. The van der Waals surface area contributed by atoms with Gasteiger partial charge in [0.2, 0.25) is 0 Å². The zero-order valence-corrected chi connectivity index (χ0v) is 18.0. The standard InChI is InChI=1S/C25H26FN3O3/c1-2-32-24(31)25(16-20-6-3-4-7-22(20)26)12-5-14-28(17-25)23(30)19-8-10-21(11-9-19)29-15-13-27-18-29/h3-4,6-11,13,15,18H,2,5,12,14,16-17H2,1H3/t25-/m1/s1. The van der Waals surface area contributed by atoms with Crippen molar-refractivity contribution in [3.8, 4) is 5.69 Å². The normalized spacial score (nSPS) is 18.4. The quantitative estimate of drug-likeness (QED) is 0.548. The van der Waals surface area contributed by atoms with Crippen molar-refractivity contribution in [3.05, 3.63) is 84.2 Å². The molecule has 0 spiro atoms. The summed E-state index contributed by atoms with van der Waals surface area (Å²) in [6, 6.07) is 13.7. The molecule has 1 aliphatic rings. The molecule has 2 aromatic carbocycles. The number of hydrogen-bond acceptors (Lipinski definition) is 4. The first kappa shape index (κ1) is 21.7. The van der Waals surface area contributed by atoms with E-state index in [0.717, 1.165) is 5.69 Å². The molecular formula is C25H26FN3O3. The van der Waals surface area contributed by atoms with E-state index in [1.807, 2.05) is 22.9 Å². The lowest BCUT2D eigenvalue weighted by atomic mass is 9.74. The van der Waals surface area contributed by atoms with Gasteiger partial charge < -0.3 is 14.2 Å². The van der Waals surface area contributed by atoms with Gasteiger partial charge in [0.25, 0.3) is 5.91 Å². The van der Waals surface area contributed by atoms with Gasteiger partial charge in [0.15, 0.2) is 0 Å². The number of esters is 1. The Hall–Kier alpha value is -3.48. The van der Waals surface area contributed by atoms with E-state index < -0.39 is 5.41 Å². The fourth-order valence-corrected chi connectivity index (χ4v) is 4.35. The van der Waals surface area contributed by atoms with Crippen LogP contribution >= 0.6 is 0 Å². The summed E-state index contributed by atoms with van der Waals surface area (Å²) in [6.45, 7) is 2.73. The lowest BCUT2D eigenvalue weighted by molar-refractivity contribution is -0.158. The molecule has 6 nitrogen and oxygen atoms in total. The Bertz CT molecular complexity index is 1080. The summed E-state index contributed by atoms with van der Waals surface area (Å²) in [5.41, 5.74) is 0.931. The van der Waals surface area contributed by atoms with E-state index in [0.29, 0.717) is 30.5 Å². The Labute approximate surface area is 186 Å². The molecule has 0 aliphatic carbocycles. The molecule has 4 rings (SSSR count). The molecule has 1 aliphatic heterocycles. The van der Waals surface area contributed by atoms with Gasteiger partial charge in [-0.2, -0.15) is 0 Å². The zero-order valence-electron chi connectivity index (χ0n) is 18.0. The number of piperidine rings is 1. The van der Waals surface area contributed by atoms with Gasteiger partial charge in [-0.25, -0.2) is 9.37 Å². The molecule has 2 heterocycles. The SMILES string of the molecule is CCOC(=O)[C@@]1(Cc2ccccc2F)CCCN(C(=O)c2ccc(-n3ccnc3)cc2)C1. The van der Waals surface area contributed by atoms with E-state index in [-0.39, 0.29) is 37.3 Å². The number of likely N-dealkylation sites (tertiary alicyclic amines) is 1. The number of hydrogen-bond donors (Lipinski definition) is 0. The molecule has 1 fully saturated rings. The van der Waals surface area contributed by atoms with Gasteiger partial charge in [-0.1, -0.05) is 18.2 Å². The van der Waals surface area contributed by atoms with Crippen molar-refractivity contribution < 1.29 is 18.7 Å². The van der Waals surface area contributed by atoms with Crippen molar-refractivity contribution in [2.75, 3.05) is 19.7 Å². The summed E-state index contributed by atoms with van der Waals surface area (Å²) in [6.07, 6.45) is 6.60. The number of aromatic nitrogens is 2. The van der Waals surface area contributed by atoms with Crippen molar-refractivity contribution in [1.82, 2.24) is 14.5 Å². The maximum absolute atomic E-state index is 14.4. The monoisotopic (exact) mass is 435 g/mol. The summed E-state index contributed by atoms with van der Waals surface area (Å²) < 4.78 is 21.6. The smallest absolute Gasteiger partial charge is 0.314 e. The highest BCUT2D eigenvalue weighted by molar-refractivity contribution is 5.95. The number of rotatable bonds is 6. The number of ether oxygens (including phenoxy) is 1. The number of amides is 1. The van der Waals surface area contributed by atoms with Crippen LogP contribution in [-0.4, -0.2) is 46.0 Å². The first-order valence-corrected chi connectivity index (χ1v) is 10.8. The third-order valence-corrected chi connectivity index (χ3v) is 5.98. The van der Waals surface area contributed by atoms with Crippen LogP contribution in [0.15, 0.2) is 67.3 Å². The fourth-order valence-electron chi connectivity index (χ4n) is 4.35. The molecule has 32 heavy (non-hydrogen) atoms. The zero-order chi connectivity index (χ0) is 22.6. The van der Waals surface area contributed by atoms with Crippen molar-refractivity contribution >= 4 is 11.9 Å². The summed E-state index contributed by atoms with van der Waals surface area (Å²) in [4.78, 5) is 32.0. The van der Waals surface area contributed by atoms with E-state index in [1.54, 1.807) is 54.7 Å². The van der Waals surface area contributed by atoms with E-state index in [4.69, 9.17) is 4.74 Å². The van der Waals surface area contributed by atoms with Crippen LogP contribution in [0.5, 0.6) is 0 Å². The van der Waals surface area contributed by atoms with Gasteiger partial charge >= 0.3 is 5.97 Å². The maximum atomic E-state index is 14.4. The third kappa shape index (κ3) is 4.42. The summed E-state index contributed by atoms with van der Waals surface area (Å²) in [5.74, 6) is -0.880. The highest BCUT2D eigenvalue weighted by Gasteiger charge is 2.45.